The van der Waals surface area contributed by atoms with Gasteiger partial charge in [0.25, 0.3) is 0 Å². The van der Waals surface area contributed by atoms with Crippen molar-refractivity contribution in [1.29, 1.82) is 0 Å². The minimum absolute atomic E-state index is 0.104. The zero-order chi connectivity index (χ0) is 12.3. The molecule has 17 heavy (non-hydrogen) atoms. The Balaban J connectivity index is 2.24. The first-order valence-corrected chi connectivity index (χ1v) is 6.16. The Morgan fingerprint density at radius 1 is 1.41 bits per heavy atom. The summed E-state index contributed by atoms with van der Waals surface area (Å²) in [6.45, 7) is 5.85. The highest BCUT2D eigenvalue weighted by Gasteiger charge is 2.23. The van der Waals surface area contributed by atoms with Crippen LogP contribution in [0.5, 0.6) is 5.75 Å². The number of piperazine rings is 1. The van der Waals surface area contributed by atoms with E-state index in [-0.39, 0.29) is 11.8 Å². The Hall–Kier alpha value is -1.13. The molecule has 0 radical (unpaired) electrons. The van der Waals surface area contributed by atoms with Crippen LogP contribution in [0.15, 0.2) is 18.2 Å². The standard InChI is InChI=1S/C13H19FN2O/c1-2-12(16-8-6-15-7-9-16)10-4-3-5-11(14)13(10)17/h3-5,12,15,17H,2,6-9H2,1H3/t12-/m1/s1. The van der Waals surface area contributed by atoms with Gasteiger partial charge in [-0.2, -0.15) is 0 Å². The highest BCUT2D eigenvalue weighted by Crippen LogP contribution is 2.32. The zero-order valence-electron chi connectivity index (χ0n) is 10.1. The van der Waals surface area contributed by atoms with Crippen molar-refractivity contribution in [2.24, 2.45) is 0 Å². The Bertz CT molecular complexity index is 378. The van der Waals surface area contributed by atoms with Crippen LogP contribution in [-0.4, -0.2) is 36.2 Å². The van der Waals surface area contributed by atoms with Gasteiger partial charge in [-0.05, 0) is 12.5 Å². The summed E-state index contributed by atoms with van der Waals surface area (Å²) < 4.78 is 13.4. The van der Waals surface area contributed by atoms with E-state index in [9.17, 15) is 9.50 Å². The van der Waals surface area contributed by atoms with Crippen molar-refractivity contribution in [3.63, 3.8) is 0 Å². The number of aromatic hydroxyl groups is 1. The van der Waals surface area contributed by atoms with E-state index >= 15 is 0 Å². The van der Waals surface area contributed by atoms with Gasteiger partial charge < -0.3 is 10.4 Å². The molecule has 0 unspecified atom stereocenters. The van der Waals surface area contributed by atoms with E-state index in [1.165, 1.54) is 6.07 Å². The Labute approximate surface area is 101 Å². The molecule has 1 atom stereocenters. The first kappa shape index (κ1) is 12.3. The maximum Gasteiger partial charge on any atom is 0.165 e. The predicted molar refractivity (Wildman–Crippen MR) is 65.5 cm³/mol. The maximum atomic E-state index is 13.4. The summed E-state index contributed by atoms with van der Waals surface area (Å²) in [6, 6.07) is 4.88. The minimum atomic E-state index is -0.531. The van der Waals surface area contributed by atoms with Crippen LogP contribution in [0.4, 0.5) is 4.39 Å². The van der Waals surface area contributed by atoms with E-state index in [0.29, 0.717) is 5.56 Å². The SMILES string of the molecule is CC[C@H](c1cccc(F)c1O)N1CCNCC1. The Kier molecular flexibility index (Phi) is 3.97. The van der Waals surface area contributed by atoms with Crippen LogP contribution < -0.4 is 5.32 Å². The monoisotopic (exact) mass is 238 g/mol. The lowest BCUT2D eigenvalue weighted by Gasteiger charge is -2.35. The molecule has 0 spiro atoms. The van der Waals surface area contributed by atoms with Gasteiger partial charge in [0, 0.05) is 37.8 Å². The van der Waals surface area contributed by atoms with Crippen molar-refractivity contribution in [3.05, 3.63) is 29.6 Å². The summed E-state index contributed by atoms with van der Waals surface area (Å²) in [5.41, 5.74) is 0.703. The topological polar surface area (TPSA) is 35.5 Å². The summed E-state index contributed by atoms with van der Waals surface area (Å²) in [6.07, 6.45) is 0.872. The molecular formula is C13H19FN2O. The van der Waals surface area contributed by atoms with Crippen LogP contribution >= 0.6 is 0 Å². The van der Waals surface area contributed by atoms with Crippen molar-refractivity contribution in [2.75, 3.05) is 26.2 Å². The smallest absolute Gasteiger partial charge is 0.165 e. The molecule has 0 saturated carbocycles. The molecule has 1 aliphatic rings. The number of phenols is 1. The molecule has 1 aliphatic heterocycles. The zero-order valence-corrected chi connectivity index (χ0v) is 10.1. The lowest BCUT2D eigenvalue weighted by Crippen LogP contribution is -2.45. The molecule has 1 heterocycles. The van der Waals surface area contributed by atoms with Crippen molar-refractivity contribution < 1.29 is 9.50 Å². The molecule has 0 amide bonds. The van der Waals surface area contributed by atoms with Gasteiger partial charge in [-0.25, -0.2) is 4.39 Å². The molecule has 0 aliphatic carbocycles. The molecule has 0 bridgehead atoms. The van der Waals surface area contributed by atoms with Gasteiger partial charge in [0.15, 0.2) is 11.6 Å². The molecule has 94 valence electrons. The molecular weight excluding hydrogens is 219 g/mol. The number of nitrogens with one attached hydrogen (secondary N) is 1. The fraction of sp³-hybridized carbons (Fsp3) is 0.538. The summed E-state index contributed by atoms with van der Waals surface area (Å²) in [4.78, 5) is 2.30. The first-order valence-electron chi connectivity index (χ1n) is 6.16. The van der Waals surface area contributed by atoms with Gasteiger partial charge in [-0.1, -0.05) is 19.1 Å². The lowest BCUT2D eigenvalue weighted by molar-refractivity contribution is 0.166. The van der Waals surface area contributed by atoms with Crippen molar-refractivity contribution in [1.82, 2.24) is 10.2 Å². The van der Waals surface area contributed by atoms with E-state index in [2.05, 4.69) is 17.1 Å². The second kappa shape index (κ2) is 5.47. The number of hydrogen-bond donors (Lipinski definition) is 2. The van der Waals surface area contributed by atoms with Gasteiger partial charge in [0.1, 0.15) is 0 Å². The molecule has 2 rings (SSSR count). The lowest BCUT2D eigenvalue weighted by atomic mass is 10.0. The molecule has 3 nitrogen and oxygen atoms in total. The molecule has 1 aromatic carbocycles. The number of halogens is 1. The number of nitrogens with zero attached hydrogens (tertiary/aromatic N) is 1. The molecule has 4 heteroatoms. The number of rotatable bonds is 3. The van der Waals surface area contributed by atoms with Crippen LogP contribution in [0, 0.1) is 5.82 Å². The Morgan fingerprint density at radius 3 is 2.76 bits per heavy atom. The van der Waals surface area contributed by atoms with Crippen LogP contribution in [0.2, 0.25) is 0 Å². The third-order valence-corrected chi connectivity index (χ3v) is 3.36. The van der Waals surface area contributed by atoms with E-state index in [1.807, 2.05) is 6.07 Å². The summed E-state index contributed by atoms with van der Waals surface area (Å²) in [7, 11) is 0. The molecule has 2 N–H and O–H groups in total. The third-order valence-electron chi connectivity index (χ3n) is 3.36. The van der Waals surface area contributed by atoms with Gasteiger partial charge in [-0.3, -0.25) is 4.90 Å². The molecule has 1 saturated heterocycles. The van der Waals surface area contributed by atoms with Crippen molar-refractivity contribution in [2.45, 2.75) is 19.4 Å². The largest absolute Gasteiger partial charge is 0.505 e. The van der Waals surface area contributed by atoms with Gasteiger partial charge in [0.2, 0.25) is 0 Å². The van der Waals surface area contributed by atoms with E-state index < -0.39 is 5.82 Å². The van der Waals surface area contributed by atoms with Gasteiger partial charge in [0.05, 0.1) is 0 Å². The molecule has 0 aromatic heterocycles. The highest BCUT2D eigenvalue weighted by atomic mass is 19.1. The third kappa shape index (κ3) is 2.58. The number of hydrogen-bond acceptors (Lipinski definition) is 3. The van der Waals surface area contributed by atoms with Crippen LogP contribution in [-0.2, 0) is 0 Å². The normalized spacial score (nSPS) is 19.2. The van der Waals surface area contributed by atoms with Crippen LogP contribution in [0.1, 0.15) is 24.9 Å². The van der Waals surface area contributed by atoms with Crippen molar-refractivity contribution >= 4 is 0 Å². The summed E-state index contributed by atoms with van der Waals surface area (Å²) >= 11 is 0. The summed E-state index contributed by atoms with van der Waals surface area (Å²) in [5, 5.41) is 13.1. The number of phenolic OH excluding ortho intramolecular Hbond substituents is 1. The fourth-order valence-electron chi connectivity index (χ4n) is 2.47. The van der Waals surface area contributed by atoms with Crippen LogP contribution in [0.3, 0.4) is 0 Å². The Morgan fingerprint density at radius 2 is 2.12 bits per heavy atom. The molecule has 1 aromatic rings. The maximum absolute atomic E-state index is 13.4. The second-order valence-corrected chi connectivity index (χ2v) is 4.39. The average molecular weight is 238 g/mol. The van der Waals surface area contributed by atoms with E-state index in [0.717, 1.165) is 32.6 Å². The average Bonchev–Trinajstić information content (AvgIpc) is 2.37. The highest BCUT2D eigenvalue weighted by molar-refractivity contribution is 5.36. The predicted octanol–water partition coefficient (Wildman–Crippen LogP) is 1.89. The molecule has 1 fully saturated rings. The number of para-hydroxylation sites is 1. The number of benzene rings is 1. The van der Waals surface area contributed by atoms with Gasteiger partial charge >= 0.3 is 0 Å². The van der Waals surface area contributed by atoms with E-state index in [1.54, 1.807) is 6.07 Å². The van der Waals surface area contributed by atoms with E-state index in [4.69, 9.17) is 0 Å². The van der Waals surface area contributed by atoms with Gasteiger partial charge in [-0.15, -0.1) is 0 Å². The quantitative estimate of drug-likeness (QED) is 0.844. The fourth-order valence-corrected chi connectivity index (χ4v) is 2.47. The first-order chi connectivity index (χ1) is 8.24. The second-order valence-electron chi connectivity index (χ2n) is 4.39. The minimum Gasteiger partial charge on any atom is -0.505 e. The van der Waals surface area contributed by atoms with Crippen molar-refractivity contribution in [3.8, 4) is 5.75 Å². The summed E-state index contributed by atoms with van der Waals surface area (Å²) in [5.74, 6) is -0.728. The van der Waals surface area contributed by atoms with Crippen LogP contribution in [0.25, 0.3) is 0 Å².